The predicted octanol–water partition coefficient (Wildman–Crippen LogP) is 2.20. The number of azide groups is 1. The molecule has 0 atom stereocenters. The molecule has 0 aromatic carbocycles. The number of furan rings is 1. The third kappa shape index (κ3) is 0.943. The zero-order chi connectivity index (χ0) is 7.40. The summed E-state index contributed by atoms with van der Waals surface area (Å²) in [7, 11) is 0. The molecule has 0 N–H and O–H groups in total. The Bertz CT molecular complexity index is 314. The molecule has 4 heteroatoms. The molecule has 0 aliphatic carbocycles. The van der Waals surface area contributed by atoms with Gasteiger partial charge in [0, 0.05) is 4.91 Å². The lowest BCUT2D eigenvalue weighted by atomic mass is 10.4. The van der Waals surface area contributed by atoms with Gasteiger partial charge in [-0.2, -0.15) is 0 Å². The maximum absolute atomic E-state index is 8.01. The summed E-state index contributed by atoms with van der Waals surface area (Å²) >= 11 is 0. The molecule has 0 aliphatic heterocycles. The molecule has 1 aromatic rings. The highest BCUT2D eigenvalue weighted by Crippen LogP contribution is 2.18. The van der Waals surface area contributed by atoms with Crippen molar-refractivity contribution in [2.75, 3.05) is 0 Å². The van der Waals surface area contributed by atoms with Gasteiger partial charge < -0.3 is 4.42 Å². The van der Waals surface area contributed by atoms with Crippen LogP contribution in [0.5, 0.6) is 0 Å². The first-order chi connectivity index (χ1) is 4.88. The average molecular weight is 133 g/mol. The minimum atomic E-state index is 0.262. The van der Waals surface area contributed by atoms with E-state index in [9.17, 15) is 0 Å². The molecule has 0 fully saturated rings. The third-order valence-corrected chi connectivity index (χ3v) is 0.928. The monoisotopic (exact) mass is 133 g/mol. The van der Waals surface area contributed by atoms with Crippen LogP contribution in [-0.4, -0.2) is 0 Å². The fourth-order valence-electron chi connectivity index (χ4n) is 0.537. The molecule has 4 nitrogen and oxygen atoms in total. The summed E-state index contributed by atoms with van der Waals surface area (Å²) in [4.78, 5) is 2.56. The summed E-state index contributed by atoms with van der Waals surface area (Å²) in [5, 5.41) is 3.28. The summed E-state index contributed by atoms with van der Waals surface area (Å²) in [5.74, 6) is 2.49. The van der Waals surface area contributed by atoms with Crippen LogP contribution >= 0.6 is 0 Å². The standard InChI is InChI=1S/C6H3N3O/c1-2-6-5(8-9-7)3-4-10-6/h1,3-4H. The average Bonchev–Trinajstić information content (AvgIpc) is 2.36. The Morgan fingerprint density at radius 1 is 1.80 bits per heavy atom. The second-order valence-electron chi connectivity index (χ2n) is 1.47. The second kappa shape index (κ2) is 2.62. The minimum Gasteiger partial charge on any atom is -0.456 e. The summed E-state index contributed by atoms with van der Waals surface area (Å²) in [6.45, 7) is 0. The van der Waals surface area contributed by atoms with Gasteiger partial charge in [0.25, 0.3) is 0 Å². The van der Waals surface area contributed by atoms with Gasteiger partial charge in [-0.3, -0.25) is 0 Å². The molecule has 10 heavy (non-hydrogen) atoms. The normalized spacial score (nSPS) is 7.90. The van der Waals surface area contributed by atoms with Crippen LogP contribution in [0.25, 0.3) is 10.4 Å². The first-order valence-corrected chi connectivity index (χ1v) is 2.47. The zero-order valence-electron chi connectivity index (χ0n) is 4.98. The van der Waals surface area contributed by atoms with E-state index in [2.05, 4.69) is 15.9 Å². The van der Waals surface area contributed by atoms with Crippen molar-refractivity contribution < 1.29 is 4.42 Å². The number of nitrogens with zero attached hydrogens (tertiary/aromatic N) is 3. The molecule has 0 aliphatic rings. The number of rotatable bonds is 1. The molecule has 0 amide bonds. The van der Waals surface area contributed by atoms with Crippen LogP contribution in [0.15, 0.2) is 21.9 Å². The summed E-state index contributed by atoms with van der Waals surface area (Å²) in [6, 6.07) is 1.51. The Labute approximate surface area is 57.1 Å². The third-order valence-electron chi connectivity index (χ3n) is 0.928. The molecule has 0 unspecified atom stereocenters. The number of hydrogen-bond donors (Lipinski definition) is 0. The van der Waals surface area contributed by atoms with Crippen LogP contribution in [0, 0.1) is 12.3 Å². The van der Waals surface area contributed by atoms with Gasteiger partial charge in [-0.15, -0.1) is 6.42 Å². The summed E-state index contributed by atoms with van der Waals surface area (Å²) < 4.78 is 4.77. The molecule has 1 heterocycles. The van der Waals surface area contributed by atoms with Gasteiger partial charge in [-0.25, -0.2) is 0 Å². The van der Waals surface area contributed by atoms with E-state index in [0.717, 1.165) is 0 Å². The zero-order valence-corrected chi connectivity index (χ0v) is 4.98. The van der Waals surface area contributed by atoms with Crippen LogP contribution in [0.1, 0.15) is 5.76 Å². The lowest BCUT2D eigenvalue weighted by Gasteiger charge is -1.79. The summed E-state index contributed by atoms with van der Waals surface area (Å²) in [5.41, 5.74) is 8.36. The van der Waals surface area contributed by atoms with Crippen molar-refractivity contribution in [1.29, 1.82) is 0 Å². The highest BCUT2D eigenvalue weighted by molar-refractivity contribution is 5.47. The fraction of sp³-hybridized carbons (Fsp3) is 0. The molecule has 0 spiro atoms. The maximum Gasteiger partial charge on any atom is 0.185 e. The Balaban J connectivity index is 3.16. The van der Waals surface area contributed by atoms with Gasteiger partial charge in [-0.05, 0) is 17.5 Å². The fourth-order valence-corrected chi connectivity index (χ4v) is 0.537. The van der Waals surface area contributed by atoms with E-state index >= 15 is 0 Å². The molecule has 1 rings (SSSR count). The first-order valence-electron chi connectivity index (χ1n) is 2.47. The van der Waals surface area contributed by atoms with E-state index in [1.165, 1.54) is 12.3 Å². The van der Waals surface area contributed by atoms with E-state index in [1.54, 1.807) is 0 Å². The predicted molar refractivity (Wildman–Crippen MR) is 35.4 cm³/mol. The maximum atomic E-state index is 8.01. The van der Waals surface area contributed by atoms with Crippen molar-refractivity contribution in [2.45, 2.75) is 0 Å². The van der Waals surface area contributed by atoms with Crippen molar-refractivity contribution in [2.24, 2.45) is 5.11 Å². The van der Waals surface area contributed by atoms with Crippen LogP contribution in [0.4, 0.5) is 5.69 Å². The molecule has 0 radical (unpaired) electrons. The number of terminal acetylenes is 1. The van der Waals surface area contributed by atoms with Gasteiger partial charge in [0.1, 0.15) is 0 Å². The van der Waals surface area contributed by atoms with Gasteiger partial charge in [0.05, 0.1) is 12.0 Å². The molecule has 0 bridgehead atoms. The van der Waals surface area contributed by atoms with Gasteiger partial charge in [0.2, 0.25) is 0 Å². The van der Waals surface area contributed by atoms with Crippen molar-refractivity contribution in [3.05, 3.63) is 28.5 Å². The Morgan fingerprint density at radius 2 is 2.60 bits per heavy atom. The van der Waals surface area contributed by atoms with Crippen molar-refractivity contribution in [1.82, 2.24) is 0 Å². The second-order valence-corrected chi connectivity index (χ2v) is 1.47. The lowest BCUT2D eigenvalue weighted by molar-refractivity contribution is 0.555. The van der Waals surface area contributed by atoms with Gasteiger partial charge in [0.15, 0.2) is 5.76 Å². The van der Waals surface area contributed by atoms with Gasteiger partial charge in [-0.1, -0.05) is 5.11 Å². The minimum absolute atomic E-state index is 0.262. The Kier molecular flexibility index (Phi) is 1.65. The van der Waals surface area contributed by atoms with E-state index in [0.29, 0.717) is 5.69 Å². The van der Waals surface area contributed by atoms with E-state index in [1.807, 2.05) is 0 Å². The van der Waals surface area contributed by atoms with Crippen LogP contribution in [0.2, 0.25) is 0 Å². The largest absolute Gasteiger partial charge is 0.456 e. The topological polar surface area (TPSA) is 61.9 Å². The molecule has 48 valence electrons. The van der Waals surface area contributed by atoms with E-state index in [4.69, 9.17) is 16.4 Å². The number of hydrogen-bond acceptors (Lipinski definition) is 2. The van der Waals surface area contributed by atoms with E-state index < -0.39 is 0 Å². The molecular formula is C6H3N3O. The molecule has 1 aromatic heterocycles. The van der Waals surface area contributed by atoms with Crippen molar-refractivity contribution >= 4 is 5.69 Å². The van der Waals surface area contributed by atoms with Crippen LogP contribution in [0.3, 0.4) is 0 Å². The quantitative estimate of drug-likeness (QED) is 0.250. The SMILES string of the molecule is C#Cc1occc1N=[N+]=[N-]. The van der Waals surface area contributed by atoms with Crippen molar-refractivity contribution in [3.8, 4) is 12.3 Å². The van der Waals surface area contributed by atoms with Gasteiger partial charge >= 0.3 is 0 Å². The first kappa shape index (κ1) is 6.27. The smallest absolute Gasteiger partial charge is 0.185 e. The Hall–Kier alpha value is -1.85. The molecular weight excluding hydrogens is 130 g/mol. The molecule has 0 saturated heterocycles. The van der Waals surface area contributed by atoms with Crippen molar-refractivity contribution in [3.63, 3.8) is 0 Å². The van der Waals surface area contributed by atoms with E-state index in [-0.39, 0.29) is 5.76 Å². The van der Waals surface area contributed by atoms with Crippen LogP contribution < -0.4 is 0 Å². The molecule has 0 saturated carbocycles. The highest BCUT2D eigenvalue weighted by Gasteiger charge is 1.97. The highest BCUT2D eigenvalue weighted by atomic mass is 16.3. The lowest BCUT2D eigenvalue weighted by Crippen LogP contribution is -1.61. The summed E-state index contributed by atoms with van der Waals surface area (Å²) in [6.07, 6.45) is 6.37. The van der Waals surface area contributed by atoms with Crippen LogP contribution in [-0.2, 0) is 0 Å². The Morgan fingerprint density at radius 3 is 3.20 bits per heavy atom.